The Bertz CT molecular complexity index is 212. The molecule has 0 spiro atoms. The quantitative estimate of drug-likeness (QED) is 0.678. The molecule has 0 aromatic rings. The molecule has 4 heteroatoms. The van der Waals surface area contributed by atoms with E-state index in [4.69, 9.17) is 0 Å². The van der Waals surface area contributed by atoms with Gasteiger partial charge in [0.25, 0.3) is 0 Å². The Morgan fingerprint density at radius 3 is 2.71 bits per heavy atom. The molecule has 0 saturated carbocycles. The van der Waals surface area contributed by atoms with Crippen LogP contribution < -0.4 is 5.32 Å². The van der Waals surface area contributed by atoms with Gasteiger partial charge in [-0.3, -0.25) is 9.69 Å². The van der Waals surface area contributed by atoms with E-state index in [9.17, 15) is 9.59 Å². The van der Waals surface area contributed by atoms with Crippen molar-refractivity contribution in [3.8, 4) is 0 Å². The summed E-state index contributed by atoms with van der Waals surface area (Å²) in [6, 6.07) is -0.238. The van der Waals surface area contributed by atoms with Crippen LogP contribution in [0.2, 0.25) is 0 Å². The molecule has 1 N–H and O–H groups in total. The van der Waals surface area contributed by atoms with E-state index < -0.39 is 0 Å². The van der Waals surface area contributed by atoms with Gasteiger partial charge in [0, 0.05) is 6.54 Å². The van der Waals surface area contributed by atoms with Gasteiger partial charge in [0.2, 0.25) is 5.91 Å². The Morgan fingerprint density at radius 1 is 1.50 bits per heavy atom. The molecule has 14 heavy (non-hydrogen) atoms. The van der Waals surface area contributed by atoms with E-state index in [0.29, 0.717) is 12.5 Å². The van der Waals surface area contributed by atoms with Crippen LogP contribution in [0.25, 0.3) is 0 Å². The zero-order chi connectivity index (χ0) is 10.6. The summed E-state index contributed by atoms with van der Waals surface area (Å²) in [6.07, 6.45) is 3.39. The minimum atomic E-state index is -0.238. The molecule has 1 rings (SSSR count). The fourth-order valence-corrected chi connectivity index (χ4v) is 1.60. The first-order valence-corrected chi connectivity index (χ1v) is 5.23. The summed E-state index contributed by atoms with van der Waals surface area (Å²) in [6.45, 7) is 4.94. The lowest BCUT2D eigenvalue weighted by molar-refractivity contribution is -0.125. The normalized spacial score (nSPS) is 18.6. The van der Waals surface area contributed by atoms with Crippen molar-refractivity contribution in [3.05, 3.63) is 0 Å². The fraction of sp³-hybridized carbons (Fsp3) is 0.800. The molecule has 0 aliphatic carbocycles. The number of carbonyl (C=O) groups is 2. The third-order valence-electron chi connectivity index (χ3n) is 2.48. The van der Waals surface area contributed by atoms with Gasteiger partial charge in [0.15, 0.2) is 0 Å². The van der Waals surface area contributed by atoms with Gasteiger partial charge in [-0.15, -0.1) is 0 Å². The first kappa shape index (κ1) is 11.0. The van der Waals surface area contributed by atoms with Crippen molar-refractivity contribution in [2.75, 3.05) is 13.1 Å². The van der Waals surface area contributed by atoms with Crippen LogP contribution in [-0.4, -0.2) is 29.9 Å². The molecule has 1 atom stereocenters. The van der Waals surface area contributed by atoms with Crippen molar-refractivity contribution in [1.82, 2.24) is 10.2 Å². The van der Waals surface area contributed by atoms with E-state index in [2.05, 4.69) is 19.2 Å². The highest BCUT2D eigenvalue weighted by Crippen LogP contribution is 2.11. The summed E-state index contributed by atoms with van der Waals surface area (Å²) in [5.74, 6) is 0.307. The number of urea groups is 1. The predicted octanol–water partition coefficient (Wildman–Crippen LogP) is 1.36. The van der Waals surface area contributed by atoms with Crippen LogP contribution in [0.1, 0.15) is 33.1 Å². The van der Waals surface area contributed by atoms with Gasteiger partial charge >= 0.3 is 6.03 Å². The summed E-state index contributed by atoms with van der Waals surface area (Å²) >= 11 is 0. The maximum Gasteiger partial charge on any atom is 0.324 e. The summed E-state index contributed by atoms with van der Waals surface area (Å²) < 4.78 is 0. The highest BCUT2D eigenvalue weighted by atomic mass is 16.2. The second kappa shape index (κ2) is 4.98. The summed E-state index contributed by atoms with van der Waals surface area (Å²) in [7, 11) is 0. The number of hydrogen-bond acceptors (Lipinski definition) is 2. The molecule has 3 amide bonds. The first-order chi connectivity index (χ1) is 6.65. The van der Waals surface area contributed by atoms with Crippen molar-refractivity contribution in [3.63, 3.8) is 0 Å². The van der Waals surface area contributed by atoms with E-state index in [1.165, 1.54) is 4.90 Å². The van der Waals surface area contributed by atoms with E-state index >= 15 is 0 Å². The number of nitrogens with zero attached hydrogens (tertiary/aromatic N) is 1. The van der Waals surface area contributed by atoms with Crippen molar-refractivity contribution in [1.29, 1.82) is 0 Å². The highest BCUT2D eigenvalue weighted by Gasteiger charge is 2.29. The molecule has 0 aromatic heterocycles. The second-order valence-corrected chi connectivity index (χ2v) is 3.91. The van der Waals surface area contributed by atoms with Crippen LogP contribution in [0.3, 0.4) is 0 Å². The maximum absolute atomic E-state index is 11.2. The Balaban J connectivity index is 2.35. The maximum atomic E-state index is 11.2. The number of amides is 3. The average Bonchev–Trinajstić information content (AvgIpc) is 2.46. The predicted molar refractivity (Wildman–Crippen MR) is 53.8 cm³/mol. The van der Waals surface area contributed by atoms with Crippen LogP contribution in [0.4, 0.5) is 4.79 Å². The molecule has 1 aliphatic heterocycles. The standard InChI is InChI=1S/C10H18N2O2/c1-3-4-5-8(2)7-12-9(13)6-11-10(12)14/h8H,3-7H2,1-2H3,(H,11,14). The Morgan fingerprint density at radius 2 is 2.21 bits per heavy atom. The van der Waals surface area contributed by atoms with Gasteiger partial charge in [-0.05, 0) is 12.3 Å². The van der Waals surface area contributed by atoms with Crippen molar-refractivity contribution < 1.29 is 9.59 Å². The summed E-state index contributed by atoms with van der Waals surface area (Å²) in [5.41, 5.74) is 0. The fourth-order valence-electron chi connectivity index (χ4n) is 1.60. The van der Waals surface area contributed by atoms with E-state index in [1.54, 1.807) is 0 Å². The molecule has 1 saturated heterocycles. The molecule has 1 fully saturated rings. The zero-order valence-corrected chi connectivity index (χ0v) is 8.88. The zero-order valence-electron chi connectivity index (χ0n) is 8.88. The third-order valence-corrected chi connectivity index (χ3v) is 2.48. The smallest absolute Gasteiger partial charge is 0.324 e. The van der Waals surface area contributed by atoms with Crippen molar-refractivity contribution in [2.24, 2.45) is 5.92 Å². The van der Waals surface area contributed by atoms with Gasteiger partial charge < -0.3 is 5.32 Å². The van der Waals surface area contributed by atoms with Crippen molar-refractivity contribution >= 4 is 11.9 Å². The number of rotatable bonds is 5. The lowest BCUT2D eigenvalue weighted by Gasteiger charge is -2.17. The van der Waals surface area contributed by atoms with Crippen LogP contribution >= 0.6 is 0 Å². The van der Waals surface area contributed by atoms with Crippen LogP contribution in [0.15, 0.2) is 0 Å². The number of imide groups is 1. The van der Waals surface area contributed by atoms with E-state index in [1.807, 2.05) is 0 Å². The molecule has 1 unspecified atom stereocenters. The average molecular weight is 198 g/mol. The van der Waals surface area contributed by atoms with Crippen LogP contribution in [0.5, 0.6) is 0 Å². The Kier molecular flexibility index (Phi) is 3.92. The topological polar surface area (TPSA) is 49.4 Å². The Hall–Kier alpha value is -1.06. The monoisotopic (exact) mass is 198 g/mol. The van der Waals surface area contributed by atoms with E-state index in [-0.39, 0.29) is 18.5 Å². The molecule has 0 bridgehead atoms. The number of nitrogens with one attached hydrogen (secondary N) is 1. The minimum Gasteiger partial charge on any atom is -0.329 e. The van der Waals surface area contributed by atoms with Crippen molar-refractivity contribution in [2.45, 2.75) is 33.1 Å². The summed E-state index contributed by atoms with van der Waals surface area (Å²) in [4.78, 5) is 23.7. The summed E-state index contributed by atoms with van der Waals surface area (Å²) in [5, 5.41) is 2.52. The first-order valence-electron chi connectivity index (χ1n) is 5.23. The van der Waals surface area contributed by atoms with Gasteiger partial charge in [0.1, 0.15) is 0 Å². The minimum absolute atomic E-state index is 0.0988. The van der Waals surface area contributed by atoms with Crippen LogP contribution in [0, 0.1) is 5.92 Å². The molecule has 80 valence electrons. The molecule has 1 heterocycles. The molecule has 0 radical (unpaired) electrons. The largest absolute Gasteiger partial charge is 0.329 e. The van der Waals surface area contributed by atoms with Gasteiger partial charge in [0.05, 0.1) is 6.54 Å². The van der Waals surface area contributed by atoms with Crippen LogP contribution in [-0.2, 0) is 4.79 Å². The molecular weight excluding hydrogens is 180 g/mol. The molecule has 1 aliphatic rings. The van der Waals surface area contributed by atoms with Gasteiger partial charge in [-0.25, -0.2) is 4.79 Å². The Labute approximate surface area is 84.7 Å². The molecular formula is C10H18N2O2. The number of hydrogen-bond donors (Lipinski definition) is 1. The molecule has 0 aromatic carbocycles. The second-order valence-electron chi connectivity index (χ2n) is 3.91. The number of unbranched alkanes of at least 4 members (excludes halogenated alkanes) is 1. The van der Waals surface area contributed by atoms with Gasteiger partial charge in [-0.2, -0.15) is 0 Å². The van der Waals surface area contributed by atoms with Gasteiger partial charge in [-0.1, -0.05) is 26.7 Å². The number of carbonyl (C=O) groups excluding carboxylic acids is 2. The SMILES string of the molecule is CCCCC(C)CN1C(=O)CNC1=O. The van der Waals surface area contributed by atoms with E-state index in [0.717, 1.165) is 19.3 Å². The molecule has 4 nitrogen and oxygen atoms in total. The lowest BCUT2D eigenvalue weighted by Crippen LogP contribution is -2.34. The highest BCUT2D eigenvalue weighted by molar-refractivity contribution is 6.01. The third kappa shape index (κ3) is 2.72. The lowest BCUT2D eigenvalue weighted by atomic mass is 10.0.